The highest BCUT2D eigenvalue weighted by Crippen LogP contribution is 2.40. The van der Waals surface area contributed by atoms with Gasteiger partial charge in [0.05, 0.1) is 11.0 Å². The van der Waals surface area contributed by atoms with Gasteiger partial charge in [-0.1, -0.05) is 72.1 Å². The van der Waals surface area contributed by atoms with Crippen LogP contribution in [0.1, 0.15) is 0 Å². The summed E-state index contributed by atoms with van der Waals surface area (Å²) in [4.78, 5) is 5.26. The van der Waals surface area contributed by atoms with Gasteiger partial charge in [-0.25, -0.2) is 4.98 Å². The normalized spacial score (nSPS) is 11.6. The zero-order valence-corrected chi connectivity index (χ0v) is 23.9. The van der Waals surface area contributed by atoms with E-state index < -0.39 is 0 Å². The van der Waals surface area contributed by atoms with Crippen molar-refractivity contribution in [3.8, 4) is 17.1 Å². The smallest absolute Gasteiger partial charge is 0.145 e. The molecule has 0 aliphatic carbocycles. The van der Waals surface area contributed by atoms with E-state index >= 15 is 0 Å². The van der Waals surface area contributed by atoms with E-state index in [0.717, 1.165) is 46.9 Å². The number of fused-ring (bicyclic) bond motifs is 6. The molecule has 0 aliphatic rings. The maximum Gasteiger partial charge on any atom is 0.145 e. The molecule has 0 saturated heterocycles. The summed E-state index contributed by atoms with van der Waals surface area (Å²) >= 11 is 13.3. The molecular formula is C27H14Br3IN2. The fraction of sp³-hybridized carbons (Fsp3) is 0. The average molecular weight is 733 g/mol. The molecule has 0 bridgehead atoms. The maximum atomic E-state index is 5.26. The highest BCUT2D eigenvalue weighted by atomic mass is 127. The first-order valence-electron chi connectivity index (χ1n) is 10.2. The van der Waals surface area contributed by atoms with Crippen molar-refractivity contribution in [2.24, 2.45) is 0 Å². The number of benzene rings is 5. The molecule has 0 unspecified atom stereocenters. The molecular weight excluding hydrogens is 719 g/mol. The molecule has 2 nitrogen and oxygen atoms in total. The Morgan fingerprint density at radius 1 is 0.606 bits per heavy atom. The Hall–Kier alpha value is -1.74. The van der Waals surface area contributed by atoms with Crippen molar-refractivity contribution in [3.63, 3.8) is 0 Å². The third kappa shape index (κ3) is 3.75. The van der Waals surface area contributed by atoms with Gasteiger partial charge in [0.15, 0.2) is 0 Å². The molecule has 0 radical (unpaired) electrons. The first kappa shape index (κ1) is 21.8. The number of nitrogens with zero attached hydrogens (tertiary/aromatic N) is 2. The fourth-order valence-corrected chi connectivity index (χ4v) is 5.73. The van der Waals surface area contributed by atoms with Crippen molar-refractivity contribution in [2.75, 3.05) is 0 Å². The zero-order chi connectivity index (χ0) is 22.7. The lowest BCUT2D eigenvalue weighted by atomic mass is 10.00. The van der Waals surface area contributed by atoms with Gasteiger partial charge in [-0.15, -0.1) is 0 Å². The Kier molecular flexibility index (Phi) is 5.60. The molecule has 0 fully saturated rings. The number of rotatable bonds is 2. The monoisotopic (exact) mass is 730 g/mol. The topological polar surface area (TPSA) is 17.8 Å². The third-order valence-electron chi connectivity index (χ3n) is 5.83. The second-order valence-corrected chi connectivity index (χ2v) is 11.8. The Morgan fingerprint density at radius 2 is 1.18 bits per heavy atom. The molecule has 0 saturated carbocycles. The zero-order valence-electron chi connectivity index (χ0n) is 17.0. The quantitative estimate of drug-likeness (QED) is 0.128. The highest BCUT2D eigenvalue weighted by Gasteiger charge is 2.20. The van der Waals surface area contributed by atoms with Crippen LogP contribution in [0, 0.1) is 3.57 Å². The summed E-state index contributed by atoms with van der Waals surface area (Å²) in [6.45, 7) is 0. The summed E-state index contributed by atoms with van der Waals surface area (Å²) in [7, 11) is 0. The van der Waals surface area contributed by atoms with E-state index in [1.165, 1.54) is 19.7 Å². The lowest BCUT2D eigenvalue weighted by Gasteiger charge is -2.13. The first-order valence-corrected chi connectivity index (χ1v) is 13.7. The minimum atomic E-state index is 0.929. The van der Waals surface area contributed by atoms with Crippen molar-refractivity contribution in [1.82, 2.24) is 9.55 Å². The van der Waals surface area contributed by atoms with E-state index in [2.05, 4.69) is 160 Å². The van der Waals surface area contributed by atoms with Crippen LogP contribution < -0.4 is 0 Å². The van der Waals surface area contributed by atoms with Crippen LogP contribution in [0.4, 0.5) is 0 Å². The van der Waals surface area contributed by atoms with Crippen molar-refractivity contribution >= 4 is 103 Å². The molecule has 6 heteroatoms. The van der Waals surface area contributed by atoms with Gasteiger partial charge in [0.2, 0.25) is 0 Å². The maximum absolute atomic E-state index is 5.26. The number of halogens is 4. The molecule has 0 aliphatic heterocycles. The van der Waals surface area contributed by atoms with Crippen LogP contribution in [0.3, 0.4) is 0 Å². The first-order chi connectivity index (χ1) is 16.0. The molecule has 0 amide bonds. The standard InChI is InChI=1S/C27H14Br3IN2/c28-16-3-1-15(2-4-16)27-32-25-21-11-5-17(29)13-23(21)24-14-18(30)6-12-22(24)26(25)33(27)20-9-7-19(31)8-10-20/h1-14H. The second-order valence-electron chi connectivity index (χ2n) is 7.83. The van der Waals surface area contributed by atoms with Crippen molar-refractivity contribution in [3.05, 3.63) is 102 Å². The van der Waals surface area contributed by atoms with Crippen LogP contribution in [0.2, 0.25) is 0 Å². The molecule has 160 valence electrons. The summed E-state index contributed by atoms with van der Waals surface area (Å²) in [6.07, 6.45) is 0. The molecule has 0 N–H and O–H groups in total. The van der Waals surface area contributed by atoms with Gasteiger partial charge in [0.25, 0.3) is 0 Å². The Labute approximate surface area is 229 Å². The SMILES string of the molecule is Brc1ccc(-c2nc3c4ccc(Br)cc4c4cc(Br)ccc4c3n2-c2ccc(I)cc2)cc1. The van der Waals surface area contributed by atoms with E-state index in [-0.39, 0.29) is 0 Å². The molecule has 5 aromatic carbocycles. The Bertz CT molecular complexity index is 1690. The molecule has 1 heterocycles. The highest BCUT2D eigenvalue weighted by molar-refractivity contribution is 14.1. The summed E-state index contributed by atoms with van der Waals surface area (Å²) in [5.74, 6) is 0.929. The van der Waals surface area contributed by atoms with Crippen LogP contribution in [-0.4, -0.2) is 9.55 Å². The minimum Gasteiger partial charge on any atom is -0.292 e. The Balaban J connectivity index is 1.86. The van der Waals surface area contributed by atoms with E-state index in [1.807, 2.05) is 0 Å². The summed E-state index contributed by atoms with van der Waals surface area (Å²) in [6, 6.07) is 29.9. The van der Waals surface area contributed by atoms with Crippen molar-refractivity contribution in [1.29, 1.82) is 0 Å². The van der Waals surface area contributed by atoms with E-state index in [0.29, 0.717) is 0 Å². The van der Waals surface area contributed by atoms with Gasteiger partial charge in [-0.3, -0.25) is 4.57 Å². The van der Waals surface area contributed by atoms with Gasteiger partial charge < -0.3 is 0 Å². The van der Waals surface area contributed by atoms with Crippen LogP contribution in [0.5, 0.6) is 0 Å². The lowest BCUT2D eigenvalue weighted by Crippen LogP contribution is -1.98. The molecule has 6 aromatic rings. The van der Waals surface area contributed by atoms with Crippen LogP contribution >= 0.6 is 70.4 Å². The van der Waals surface area contributed by atoms with Crippen LogP contribution in [0.15, 0.2) is 98.3 Å². The molecule has 1 aromatic heterocycles. The minimum absolute atomic E-state index is 0.929. The fourth-order valence-electron chi connectivity index (χ4n) is 4.38. The van der Waals surface area contributed by atoms with Gasteiger partial charge >= 0.3 is 0 Å². The number of hydrogen-bond donors (Lipinski definition) is 0. The van der Waals surface area contributed by atoms with Gasteiger partial charge in [-0.05, 0) is 94.0 Å². The number of aromatic nitrogens is 2. The second kappa shape index (κ2) is 8.48. The van der Waals surface area contributed by atoms with E-state index in [4.69, 9.17) is 4.98 Å². The van der Waals surface area contributed by atoms with Crippen LogP contribution in [-0.2, 0) is 0 Å². The summed E-state index contributed by atoms with van der Waals surface area (Å²) in [5, 5.41) is 4.69. The van der Waals surface area contributed by atoms with Crippen molar-refractivity contribution < 1.29 is 0 Å². The average Bonchev–Trinajstić information content (AvgIpc) is 3.21. The number of imidazole rings is 1. The van der Waals surface area contributed by atoms with Crippen LogP contribution in [0.25, 0.3) is 49.7 Å². The molecule has 0 atom stereocenters. The lowest BCUT2D eigenvalue weighted by molar-refractivity contribution is 1.10. The van der Waals surface area contributed by atoms with Crippen molar-refractivity contribution in [2.45, 2.75) is 0 Å². The number of hydrogen-bond acceptors (Lipinski definition) is 1. The van der Waals surface area contributed by atoms with E-state index in [1.54, 1.807) is 0 Å². The third-order valence-corrected chi connectivity index (χ3v) is 8.06. The molecule has 33 heavy (non-hydrogen) atoms. The predicted octanol–water partition coefficient (Wildman–Crippen LogP) is 9.89. The molecule has 0 spiro atoms. The van der Waals surface area contributed by atoms with Gasteiger partial charge in [-0.2, -0.15) is 0 Å². The summed E-state index contributed by atoms with van der Waals surface area (Å²) < 4.78 is 6.67. The van der Waals surface area contributed by atoms with Gasteiger partial charge in [0, 0.05) is 39.0 Å². The Morgan fingerprint density at radius 3 is 1.85 bits per heavy atom. The van der Waals surface area contributed by atoms with E-state index in [9.17, 15) is 0 Å². The largest absolute Gasteiger partial charge is 0.292 e. The predicted molar refractivity (Wildman–Crippen MR) is 157 cm³/mol. The molecule has 6 rings (SSSR count). The van der Waals surface area contributed by atoms with Gasteiger partial charge in [0.1, 0.15) is 5.82 Å². The summed E-state index contributed by atoms with van der Waals surface area (Å²) in [5.41, 5.74) is 4.29.